The molecule has 1 N–H and O–H groups in total. The van der Waals surface area contributed by atoms with Crippen LogP contribution in [0.15, 0.2) is 0 Å². The van der Waals surface area contributed by atoms with Gasteiger partial charge in [-0.25, -0.2) is 0 Å². The minimum Gasteiger partial charge on any atom is -0.323 e. The molecule has 0 bridgehead atoms. The zero-order valence-electron chi connectivity index (χ0n) is 12.4. The number of hydrogen-bond donors (Lipinski definition) is 1. The van der Waals surface area contributed by atoms with Crippen LogP contribution >= 0.6 is 0 Å². The van der Waals surface area contributed by atoms with Gasteiger partial charge in [0.15, 0.2) is 0 Å². The fourth-order valence-corrected chi connectivity index (χ4v) is 3.82. The number of rotatable bonds is 2. The van der Waals surface area contributed by atoms with Crippen LogP contribution in [0.3, 0.4) is 0 Å². The van der Waals surface area contributed by atoms with Crippen molar-refractivity contribution >= 4 is 5.91 Å². The van der Waals surface area contributed by atoms with E-state index in [1.54, 1.807) is 0 Å². The highest BCUT2D eigenvalue weighted by Gasteiger charge is 2.43. The van der Waals surface area contributed by atoms with Crippen molar-refractivity contribution in [2.75, 3.05) is 0 Å². The molecule has 18 heavy (non-hydrogen) atoms. The Kier molecular flexibility index (Phi) is 4.00. The van der Waals surface area contributed by atoms with Crippen LogP contribution in [0.1, 0.15) is 53.9 Å². The number of nitrogens with one attached hydrogen (secondary N) is 1. The van der Waals surface area contributed by atoms with Crippen molar-refractivity contribution in [1.29, 1.82) is 0 Å². The Labute approximate surface area is 111 Å². The summed E-state index contributed by atoms with van der Waals surface area (Å²) >= 11 is 0. The van der Waals surface area contributed by atoms with Gasteiger partial charge in [0.25, 0.3) is 0 Å². The summed E-state index contributed by atoms with van der Waals surface area (Å²) in [6.07, 6.45) is 3.89. The van der Waals surface area contributed by atoms with E-state index in [1.165, 1.54) is 19.3 Å². The molecule has 1 saturated heterocycles. The van der Waals surface area contributed by atoms with Crippen LogP contribution in [0.5, 0.6) is 0 Å². The van der Waals surface area contributed by atoms with Gasteiger partial charge in [0.1, 0.15) is 0 Å². The molecule has 1 saturated carbocycles. The molecule has 1 heterocycles. The van der Waals surface area contributed by atoms with Crippen molar-refractivity contribution in [3.8, 4) is 0 Å². The standard InChI is InChI=1S/C15H28N2O/c1-9(2)14-16-12(5)15(18)17(14)13-7-10(3)6-11(4)8-13/h9-14,16H,6-8H2,1-5H3. The Morgan fingerprint density at radius 3 is 2.17 bits per heavy atom. The topological polar surface area (TPSA) is 32.3 Å². The Balaban J connectivity index is 2.16. The SMILES string of the molecule is CC1CC(C)CC(N2C(=O)C(C)NC2C(C)C)C1. The second-order valence-corrected chi connectivity index (χ2v) is 6.89. The fourth-order valence-electron chi connectivity index (χ4n) is 3.82. The van der Waals surface area contributed by atoms with Gasteiger partial charge in [-0.15, -0.1) is 0 Å². The molecule has 3 heteroatoms. The van der Waals surface area contributed by atoms with Crippen LogP contribution in [0.25, 0.3) is 0 Å². The molecule has 4 unspecified atom stereocenters. The zero-order chi connectivity index (χ0) is 13.4. The van der Waals surface area contributed by atoms with E-state index in [9.17, 15) is 4.79 Å². The molecule has 0 aromatic carbocycles. The number of carbonyl (C=O) groups excluding carboxylic acids is 1. The molecule has 2 fully saturated rings. The lowest BCUT2D eigenvalue weighted by molar-refractivity contribution is -0.134. The van der Waals surface area contributed by atoms with Gasteiger partial charge in [-0.2, -0.15) is 0 Å². The molecule has 0 aromatic heterocycles. The highest BCUT2D eigenvalue weighted by molar-refractivity contribution is 5.84. The van der Waals surface area contributed by atoms with Gasteiger partial charge in [-0.1, -0.05) is 27.7 Å². The highest BCUT2D eigenvalue weighted by Crippen LogP contribution is 2.34. The molecule has 3 nitrogen and oxygen atoms in total. The second kappa shape index (κ2) is 5.20. The van der Waals surface area contributed by atoms with E-state index in [4.69, 9.17) is 0 Å². The van der Waals surface area contributed by atoms with Crippen molar-refractivity contribution in [3.63, 3.8) is 0 Å². The normalized spacial score (nSPS) is 41.8. The molecule has 0 radical (unpaired) electrons. The van der Waals surface area contributed by atoms with E-state index in [1.807, 2.05) is 6.92 Å². The second-order valence-electron chi connectivity index (χ2n) is 6.89. The Hall–Kier alpha value is -0.570. The molecule has 4 atom stereocenters. The van der Waals surface area contributed by atoms with Gasteiger partial charge < -0.3 is 4.90 Å². The zero-order valence-corrected chi connectivity index (χ0v) is 12.4. The maximum absolute atomic E-state index is 12.4. The van der Waals surface area contributed by atoms with Crippen LogP contribution in [0.2, 0.25) is 0 Å². The van der Waals surface area contributed by atoms with Crippen LogP contribution < -0.4 is 5.32 Å². The van der Waals surface area contributed by atoms with Gasteiger partial charge in [-0.05, 0) is 43.9 Å². The summed E-state index contributed by atoms with van der Waals surface area (Å²) in [5.41, 5.74) is 0. The summed E-state index contributed by atoms with van der Waals surface area (Å²) in [6.45, 7) is 11.0. The van der Waals surface area contributed by atoms with Crippen LogP contribution in [0, 0.1) is 17.8 Å². The van der Waals surface area contributed by atoms with Crippen molar-refractivity contribution in [3.05, 3.63) is 0 Å². The Bertz CT molecular complexity index is 306. The smallest absolute Gasteiger partial charge is 0.240 e. The molecule has 0 aromatic rings. The molecule has 1 aliphatic heterocycles. The summed E-state index contributed by atoms with van der Waals surface area (Å²) in [4.78, 5) is 14.6. The minimum absolute atomic E-state index is 0.00932. The van der Waals surface area contributed by atoms with Crippen LogP contribution in [-0.2, 0) is 4.79 Å². The lowest BCUT2D eigenvalue weighted by Crippen LogP contribution is -2.49. The van der Waals surface area contributed by atoms with Gasteiger partial charge in [-0.3, -0.25) is 10.1 Å². The third-order valence-corrected chi connectivity index (χ3v) is 4.52. The predicted molar refractivity (Wildman–Crippen MR) is 74.0 cm³/mol. The summed E-state index contributed by atoms with van der Waals surface area (Å²) in [6, 6.07) is 0.436. The van der Waals surface area contributed by atoms with Crippen LogP contribution in [-0.4, -0.2) is 29.1 Å². The van der Waals surface area contributed by atoms with E-state index in [0.29, 0.717) is 17.9 Å². The first-order chi connectivity index (χ1) is 8.40. The fraction of sp³-hybridized carbons (Fsp3) is 0.933. The van der Waals surface area contributed by atoms with Gasteiger partial charge in [0.2, 0.25) is 5.91 Å². The van der Waals surface area contributed by atoms with Crippen molar-refractivity contribution in [2.45, 2.75) is 72.1 Å². The monoisotopic (exact) mass is 252 g/mol. The number of nitrogens with zero attached hydrogens (tertiary/aromatic N) is 1. The lowest BCUT2D eigenvalue weighted by Gasteiger charge is -2.40. The quantitative estimate of drug-likeness (QED) is 0.819. The summed E-state index contributed by atoms with van der Waals surface area (Å²) < 4.78 is 0. The first kappa shape index (κ1) is 13.9. The molecule has 2 aliphatic rings. The predicted octanol–water partition coefficient (Wildman–Crippen LogP) is 2.61. The largest absolute Gasteiger partial charge is 0.323 e. The average molecular weight is 252 g/mol. The number of hydrogen-bond acceptors (Lipinski definition) is 2. The van der Waals surface area contributed by atoms with Gasteiger partial charge >= 0.3 is 0 Å². The molecular weight excluding hydrogens is 224 g/mol. The molecule has 104 valence electrons. The van der Waals surface area contributed by atoms with Crippen molar-refractivity contribution < 1.29 is 4.79 Å². The van der Waals surface area contributed by atoms with E-state index in [2.05, 4.69) is 37.9 Å². The van der Waals surface area contributed by atoms with Gasteiger partial charge in [0, 0.05) is 6.04 Å². The Morgan fingerprint density at radius 1 is 1.11 bits per heavy atom. The minimum atomic E-state index is -0.00932. The van der Waals surface area contributed by atoms with E-state index < -0.39 is 0 Å². The maximum atomic E-state index is 12.4. The maximum Gasteiger partial charge on any atom is 0.240 e. The van der Waals surface area contributed by atoms with E-state index in [-0.39, 0.29) is 12.2 Å². The number of carbonyl (C=O) groups is 1. The first-order valence-corrected chi connectivity index (χ1v) is 7.48. The van der Waals surface area contributed by atoms with Crippen molar-refractivity contribution in [2.24, 2.45) is 17.8 Å². The summed E-state index contributed by atoms with van der Waals surface area (Å²) in [7, 11) is 0. The van der Waals surface area contributed by atoms with E-state index in [0.717, 1.165) is 11.8 Å². The van der Waals surface area contributed by atoms with E-state index >= 15 is 0 Å². The molecular formula is C15H28N2O. The average Bonchev–Trinajstić information content (AvgIpc) is 2.54. The molecule has 2 rings (SSSR count). The first-order valence-electron chi connectivity index (χ1n) is 7.48. The lowest BCUT2D eigenvalue weighted by atomic mass is 9.79. The molecule has 1 amide bonds. The Morgan fingerprint density at radius 2 is 1.67 bits per heavy atom. The molecule has 1 aliphatic carbocycles. The highest BCUT2D eigenvalue weighted by atomic mass is 16.2. The van der Waals surface area contributed by atoms with Crippen LogP contribution in [0.4, 0.5) is 0 Å². The van der Waals surface area contributed by atoms with Gasteiger partial charge in [0.05, 0.1) is 12.2 Å². The third-order valence-electron chi connectivity index (χ3n) is 4.52. The van der Waals surface area contributed by atoms with Crippen molar-refractivity contribution in [1.82, 2.24) is 10.2 Å². The summed E-state index contributed by atoms with van der Waals surface area (Å²) in [5, 5.41) is 3.46. The molecule has 0 spiro atoms. The summed E-state index contributed by atoms with van der Waals surface area (Å²) in [5.74, 6) is 2.27. The number of amides is 1. The third kappa shape index (κ3) is 2.56.